The van der Waals surface area contributed by atoms with Gasteiger partial charge in [0.25, 0.3) is 5.89 Å². The monoisotopic (exact) mass is 388 g/mol. The van der Waals surface area contributed by atoms with Crippen LogP contribution in [-0.2, 0) is 0 Å². The molecule has 1 saturated heterocycles. The van der Waals surface area contributed by atoms with Crippen molar-refractivity contribution in [1.82, 2.24) is 35.2 Å². The zero-order valence-corrected chi connectivity index (χ0v) is 16.0. The lowest BCUT2D eigenvalue weighted by Crippen LogP contribution is -2.44. The van der Waals surface area contributed by atoms with Crippen LogP contribution in [0.25, 0.3) is 34.2 Å². The Morgan fingerprint density at radius 3 is 2.79 bits per heavy atom. The van der Waals surface area contributed by atoms with Crippen molar-refractivity contribution in [1.29, 1.82) is 0 Å². The van der Waals surface area contributed by atoms with Crippen LogP contribution in [0.1, 0.15) is 0 Å². The minimum absolute atomic E-state index is 0.388. The normalized spacial score (nSPS) is 15.0. The lowest BCUT2D eigenvalue weighted by molar-refractivity contribution is 0.313. The second-order valence-corrected chi connectivity index (χ2v) is 7.01. The zero-order chi connectivity index (χ0) is 19.6. The molecule has 1 N–H and O–H groups in total. The summed E-state index contributed by atoms with van der Waals surface area (Å²) in [6.45, 7) is 4.06. The van der Waals surface area contributed by atoms with Crippen molar-refractivity contribution in [3.63, 3.8) is 0 Å². The number of nitrogens with zero attached hydrogens (tertiary/aromatic N) is 7. The molecule has 0 unspecified atom stereocenters. The molecule has 1 aliphatic rings. The molecule has 9 nitrogen and oxygen atoms in total. The number of piperazine rings is 1. The van der Waals surface area contributed by atoms with Crippen molar-refractivity contribution in [2.45, 2.75) is 0 Å². The van der Waals surface area contributed by atoms with Crippen LogP contribution in [-0.4, -0.2) is 68.4 Å². The third kappa shape index (κ3) is 3.47. The Kier molecular flexibility index (Phi) is 4.49. The van der Waals surface area contributed by atoms with Gasteiger partial charge in [-0.05, 0) is 31.3 Å². The summed E-state index contributed by atoms with van der Waals surface area (Å²) in [4.78, 5) is 17.8. The molecule has 0 saturated carbocycles. The van der Waals surface area contributed by atoms with E-state index in [-0.39, 0.29) is 0 Å². The van der Waals surface area contributed by atoms with E-state index in [0.29, 0.717) is 17.4 Å². The van der Waals surface area contributed by atoms with E-state index >= 15 is 0 Å². The van der Waals surface area contributed by atoms with Crippen molar-refractivity contribution < 1.29 is 4.52 Å². The number of nitrogens with one attached hydrogen (secondary N) is 1. The van der Waals surface area contributed by atoms with E-state index in [1.165, 1.54) is 0 Å². The molecule has 0 atom stereocenters. The summed E-state index contributed by atoms with van der Waals surface area (Å²) in [7, 11) is 2.14. The van der Waals surface area contributed by atoms with Crippen LogP contribution >= 0.6 is 0 Å². The molecule has 4 aromatic heterocycles. The van der Waals surface area contributed by atoms with Gasteiger partial charge in [-0.1, -0.05) is 5.16 Å². The summed E-state index contributed by atoms with van der Waals surface area (Å²) in [6.07, 6.45) is 6.95. The smallest absolute Gasteiger partial charge is 0.262 e. The third-order valence-corrected chi connectivity index (χ3v) is 5.09. The highest BCUT2D eigenvalue weighted by Gasteiger charge is 2.19. The molecule has 0 spiro atoms. The molecule has 9 heteroatoms. The van der Waals surface area contributed by atoms with E-state index in [4.69, 9.17) is 4.52 Å². The Hall–Kier alpha value is -3.59. The first kappa shape index (κ1) is 17.5. The Labute approximate surface area is 167 Å². The topological polar surface area (TPSA) is 99.9 Å². The first-order chi connectivity index (χ1) is 14.3. The molecule has 0 amide bonds. The highest BCUT2D eigenvalue weighted by Crippen LogP contribution is 2.30. The van der Waals surface area contributed by atoms with Gasteiger partial charge in [0.2, 0.25) is 5.82 Å². The van der Waals surface area contributed by atoms with E-state index < -0.39 is 0 Å². The number of H-pyrrole nitrogens is 1. The average molecular weight is 388 g/mol. The highest BCUT2D eigenvalue weighted by molar-refractivity contribution is 5.76. The quantitative estimate of drug-likeness (QED) is 0.569. The Bertz CT molecular complexity index is 1100. The molecule has 0 aromatic carbocycles. The molecule has 1 aliphatic heterocycles. The number of aromatic nitrogens is 6. The van der Waals surface area contributed by atoms with Gasteiger partial charge in [-0.3, -0.25) is 15.1 Å². The van der Waals surface area contributed by atoms with Crippen LogP contribution in [0.3, 0.4) is 0 Å². The minimum atomic E-state index is 0.388. The summed E-state index contributed by atoms with van der Waals surface area (Å²) in [5.41, 5.74) is 4.21. The molecule has 146 valence electrons. The van der Waals surface area contributed by atoms with Crippen LogP contribution in [0, 0.1) is 0 Å². The summed E-state index contributed by atoms with van der Waals surface area (Å²) in [5, 5.41) is 11.3. The third-order valence-electron chi connectivity index (χ3n) is 5.09. The minimum Gasteiger partial charge on any atom is -0.369 e. The van der Waals surface area contributed by atoms with Gasteiger partial charge in [-0.25, -0.2) is 0 Å². The van der Waals surface area contributed by atoms with Crippen LogP contribution in [0.15, 0.2) is 53.6 Å². The van der Waals surface area contributed by atoms with E-state index in [1.807, 2.05) is 24.3 Å². The fourth-order valence-corrected chi connectivity index (χ4v) is 3.42. The van der Waals surface area contributed by atoms with Crippen molar-refractivity contribution in [3.05, 3.63) is 49.1 Å². The van der Waals surface area contributed by atoms with Gasteiger partial charge in [-0.15, -0.1) is 0 Å². The summed E-state index contributed by atoms with van der Waals surface area (Å²) in [5.74, 6) is 0.841. The van der Waals surface area contributed by atoms with Gasteiger partial charge in [-0.2, -0.15) is 10.1 Å². The first-order valence-electron chi connectivity index (χ1n) is 9.46. The number of pyridine rings is 2. The molecule has 5 heterocycles. The number of hydrogen-bond donors (Lipinski definition) is 1. The average Bonchev–Trinajstić information content (AvgIpc) is 3.45. The van der Waals surface area contributed by atoms with Gasteiger partial charge in [0.15, 0.2) is 0 Å². The fraction of sp³-hybridized carbons (Fsp3) is 0.250. The molecule has 29 heavy (non-hydrogen) atoms. The van der Waals surface area contributed by atoms with E-state index in [1.54, 1.807) is 24.8 Å². The van der Waals surface area contributed by atoms with Crippen LogP contribution < -0.4 is 4.90 Å². The maximum absolute atomic E-state index is 5.52. The van der Waals surface area contributed by atoms with Crippen LogP contribution in [0.4, 0.5) is 5.69 Å². The van der Waals surface area contributed by atoms with Crippen LogP contribution in [0.5, 0.6) is 0 Å². The fourth-order valence-electron chi connectivity index (χ4n) is 3.42. The second kappa shape index (κ2) is 7.44. The number of aromatic amines is 1. The maximum atomic E-state index is 5.52. The Morgan fingerprint density at radius 1 is 1.07 bits per heavy atom. The number of hydrogen-bond acceptors (Lipinski definition) is 8. The molecule has 5 rings (SSSR count). The molecule has 4 aromatic rings. The molecule has 0 aliphatic carbocycles. The summed E-state index contributed by atoms with van der Waals surface area (Å²) >= 11 is 0. The van der Waals surface area contributed by atoms with E-state index in [0.717, 1.165) is 48.7 Å². The van der Waals surface area contributed by atoms with E-state index in [2.05, 4.69) is 47.2 Å². The summed E-state index contributed by atoms with van der Waals surface area (Å²) in [6, 6.07) is 7.85. The largest absolute Gasteiger partial charge is 0.369 e. The van der Waals surface area contributed by atoms with Gasteiger partial charge >= 0.3 is 0 Å². The molecule has 0 radical (unpaired) electrons. The molecular weight excluding hydrogens is 368 g/mol. The van der Waals surface area contributed by atoms with E-state index in [9.17, 15) is 0 Å². The lowest BCUT2D eigenvalue weighted by Gasteiger charge is -2.34. The van der Waals surface area contributed by atoms with Crippen molar-refractivity contribution >= 4 is 5.69 Å². The van der Waals surface area contributed by atoms with Crippen molar-refractivity contribution in [3.8, 4) is 34.2 Å². The van der Waals surface area contributed by atoms with Crippen LogP contribution in [0.2, 0.25) is 0 Å². The lowest BCUT2D eigenvalue weighted by atomic mass is 10.1. The van der Waals surface area contributed by atoms with Gasteiger partial charge in [0.05, 0.1) is 17.5 Å². The maximum Gasteiger partial charge on any atom is 0.262 e. The zero-order valence-electron chi connectivity index (χ0n) is 16.0. The Morgan fingerprint density at radius 2 is 1.97 bits per heavy atom. The molecule has 1 fully saturated rings. The first-order valence-corrected chi connectivity index (χ1v) is 9.46. The van der Waals surface area contributed by atoms with Crippen molar-refractivity contribution in [2.75, 3.05) is 38.1 Å². The molecular formula is C20H20N8O. The standard InChI is InChI=1S/C20H20N8O/c1-27-7-9-28(10-8-27)15-4-6-22-17(11-15)19-24-20(29-26-19)16-13-23-25-18(16)14-3-2-5-21-12-14/h2-6,11-13H,7-10H2,1H3,(H,23,25). The SMILES string of the molecule is CN1CCN(c2ccnc(-c3noc(-c4cn[nH]c4-c4cccnc4)n3)c2)CC1. The van der Waals surface area contributed by atoms with Gasteiger partial charge in [0, 0.05) is 56.0 Å². The number of likely N-dealkylation sites (N-methyl/N-ethyl adjacent to an activating group) is 1. The second-order valence-electron chi connectivity index (χ2n) is 7.01. The highest BCUT2D eigenvalue weighted by atomic mass is 16.5. The van der Waals surface area contributed by atoms with Crippen molar-refractivity contribution in [2.24, 2.45) is 0 Å². The predicted octanol–water partition coefficient (Wildman–Crippen LogP) is 2.34. The molecule has 0 bridgehead atoms. The van der Waals surface area contributed by atoms with Gasteiger partial charge in [0.1, 0.15) is 5.69 Å². The predicted molar refractivity (Wildman–Crippen MR) is 108 cm³/mol. The number of rotatable bonds is 4. The Balaban J connectivity index is 1.43. The van der Waals surface area contributed by atoms with Gasteiger partial charge < -0.3 is 14.3 Å². The summed E-state index contributed by atoms with van der Waals surface area (Å²) < 4.78 is 5.52. The number of anilines is 1.